The molecule has 106 valence electrons. The van der Waals surface area contributed by atoms with Crippen LogP contribution in [0.5, 0.6) is 0 Å². The summed E-state index contributed by atoms with van der Waals surface area (Å²) in [7, 11) is 0. The molecule has 1 aromatic carbocycles. The monoisotopic (exact) mass is 273 g/mol. The highest BCUT2D eigenvalue weighted by molar-refractivity contribution is 5.30. The van der Waals surface area contributed by atoms with Crippen LogP contribution in [0.3, 0.4) is 0 Å². The molecule has 1 saturated heterocycles. The van der Waals surface area contributed by atoms with Crippen LogP contribution < -0.4 is 5.32 Å². The standard InChI is InChI=1S/C14H18F3NO/c1-9-7-18-8-10(2)13(9,19)11-3-5-12(6-4-11)14(15,16)17/h3-6,9-10,18-19H,7-8H2,1-2H3/t9-,10+,13?. The molecule has 0 bridgehead atoms. The Balaban J connectivity index is 2.35. The lowest BCUT2D eigenvalue weighted by Gasteiger charge is -2.44. The molecule has 2 rings (SSSR count). The van der Waals surface area contributed by atoms with E-state index in [-0.39, 0.29) is 11.8 Å². The fourth-order valence-electron chi connectivity index (χ4n) is 2.81. The second kappa shape index (κ2) is 4.80. The second-order valence-electron chi connectivity index (χ2n) is 5.36. The van der Waals surface area contributed by atoms with Crippen LogP contribution in [0.15, 0.2) is 24.3 Å². The van der Waals surface area contributed by atoms with E-state index in [0.29, 0.717) is 18.7 Å². The van der Waals surface area contributed by atoms with Gasteiger partial charge in [-0.05, 0) is 17.7 Å². The smallest absolute Gasteiger partial charge is 0.385 e. The summed E-state index contributed by atoms with van der Waals surface area (Å²) in [4.78, 5) is 0. The Morgan fingerprint density at radius 2 is 1.58 bits per heavy atom. The Bertz CT molecular complexity index is 431. The number of benzene rings is 1. The summed E-state index contributed by atoms with van der Waals surface area (Å²) < 4.78 is 37.6. The molecular formula is C14H18F3NO. The minimum Gasteiger partial charge on any atom is -0.385 e. The molecule has 0 radical (unpaired) electrons. The quantitative estimate of drug-likeness (QED) is 0.824. The van der Waals surface area contributed by atoms with E-state index in [1.54, 1.807) is 0 Å². The van der Waals surface area contributed by atoms with E-state index in [9.17, 15) is 18.3 Å². The molecule has 1 heterocycles. The van der Waals surface area contributed by atoms with Gasteiger partial charge in [0.2, 0.25) is 0 Å². The van der Waals surface area contributed by atoms with Gasteiger partial charge in [0.05, 0.1) is 11.2 Å². The summed E-state index contributed by atoms with van der Waals surface area (Å²) in [6, 6.07) is 4.85. The zero-order chi connectivity index (χ0) is 14.3. The van der Waals surface area contributed by atoms with Crippen molar-refractivity contribution in [2.24, 2.45) is 11.8 Å². The number of hydrogen-bond acceptors (Lipinski definition) is 2. The van der Waals surface area contributed by atoms with Gasteiger partial charge >= 0.3 is 6.18 Å². The molecule has 1 aromatic rings. The third kappa shape index (κ3) is 2.49. The molecule has 1 fully saturated rings. The van der Waals surface area contributed by atoms with Crippen LogP contribution in [-0.2, 0) is 11.8 Å². The Kier molecular flexibility index (Phi) is 3.62. The van der Waals surface area contributed by atoms with Gasteiger partial charge < -0.3 is 10.4 Å². The molecule has 1 aliphatic rings. The number of alkyl halides is 3. The van der Waals surface area contributed by atoms with Crippen LogP contribution in [0.1, 0.15) is 25.0 Å². The summed E-state index contributed by atoms with van der Waals surface area (Å²) in [5, 5.41) is 14.1. The highest BCUT2D eigenvalue weighted by Gasteiger charge is 2.43. The van der Waals surface area contributed by atoms with E-state index < -0.39 is 17.3 Å². The predicted octanol–water partition coefficient (Wildman–Crippen LogP) is 2.77. The molecule has 1 aliphatic heterocycles. The Morgan fingerprint density at radius 1 is 1.11 bits per heavy atom. The van der Waals surface area contributed by atoms with Gasteiger partial charge in [-0.2, -0.15) is 13.2 Å². The largest absolute Gasteiger partial charge is 0.416 e. The van der Waals surface area contributed by atoms with Crippen molar-refractivity contribution in [2.45, 2.75) is 25.6 Å². The summed E-state index contributed by atoms with van der Waals surface area (Å²) in [5.74, 6) is -0.0963. The zero-order valence-electron chi connectivity index (χ0n) is 11.0. The number of halogens is 3. The number of piperidine rings is 1. The maximum Gasteiger partial charge on any atom is 0.416 e. The fraction of sp³-hybridized carbons (Fsp3) is 0.571. The maximum atomic E-state index is 12.5. The van der Waals surface area contributed by atoms with Crippen molar-refractivity contribution in [3.8, 4) is 0 Å². The first-order valence-corrected chi connectivity index (χ1v) is 6.37. The lowest BCUT2D eigenvalue weighted by Crippen LogP contribution is -2.52. The number of nitrogens with one attached hydrogen (secondary N) is 1. The molecular weight excluding hydrogens is 255 g/mol. The third-order valence-electron chi connectivity index (χ3n) is 4.08. The van der Waals surface area contributed by atoms with E-state index in [1.165, 1.54) is 12.1 Å². The molecule has 19 heavy (non-hydrogen) atoms. The molecule has 2 nitrogen and oxygen atoms in total. The molecule has 3 atom stereocenters. The molecule has 0 aliphatic carbocycles. The van der Waals surface area contributed by atoms with Crippen LogP contribution in [0.25, 0.3) is 0 Å². The van der Waals surface area contributed by atoms with Crippen LogP contribution in [0, 0.1) is 11.8 Å². The highest BCUT2D eigenvalue weighted by atomic mass is 19.4. The normalized spacial score (nSPS) is 32.3. The van der Waals surface area contributed by atoms with Crippen LogP contribution in [-0.4, -0.2) is 18.2 Å². The summed E-state index contributed by atoms with van der Waals surface area (Å²) in [5.41, 5.74) is -1.20. The number of rotatable bonds is 1. The molecule has 0 amide bonds. The third-order valence-corrected chi connectivity index (χ3v) is 4.08. The first-order chi connectivity index (χ1) is 8.76. The highest BCUT2D eigenvalue weighted by Crippen LogP contribution is 2.40. The number of aliphatic hydroxyl groups is 1. The van der Waals surface area contributed by atoms with E-state index in [0.717, 1.165) is 12.1 Å². The fourth-order valence-corrected chi connectivity index (χ4v) is 2.81. The maximum absolute atomic E-state index is 12.5. The molecule has 2 N–H and O–H groups in total. The van der Waals surface area contributed by atoms with Gasteiger partial charge in [-0.15, -0.1) is 0 Å². The average molecular weight is 273 g/mol. The van der Waals surface area contributed by atoms with Crippen LogP contribution in [0.2, 0.25) is 0 Å². The minimum absolute atomic E-state index is 0.0482. The van der Waals surface area contributed by atoms with Crippen LogP contribution in [0.4, 0.5) is 13.2 Å². The Labute approximate surface area is 110 Å². The molecule has 5 heteroatoms. The Hall–Kier alpha value is -1.07. The van der Waals surface area contributed by atoms with E-state index in [1.807, 2.05) is 13.8 Å². The Morgan fingerprint density at radius 3 is 2.00 bits per heavy atom. The van der Waals surface area contributed by atoms with Gasteiger partial charge in [0.15, 0.2) is 0 Å². The van der Waals surface area contributed by atoms with Crippen molar-refractivity contribution < 1.29 is 18.3 Å². The predicted molar refractivity (Wildman–Crippen MR) is 66.5 cm³/mol. The van der Waals surface area contributed by atoms with Gasteiger partial charge in [-0.25, -0.2) is 0 Å². The zero-order valence-corrected chi connectivity index (χ0v) is 11.0. The topological polar surface area (TPSA) is 32.3 Å². The minimum atomic E-state index is -4.34. The van der Waals surface area contributed by atoms with Crippen molar-refractivity contribution in [1.82, 2.24) is 5.32 Å². The number of hydrogen-bond donors (Lipinski definition) is 2. The first-order valence-electron chi connectivity index (χ1n) is 6.37. The first kappa shape index (κ1) is 14.3. The van der Waals surface area contributed by atoms with E-state index in [4.69, 9.17) is 0 Å². The summed E-state index contributed by atoms with van der Waals surface area (Å²) >= 11 is 0. The van der Waals surface area contributed by atoms with Gasteiger partial charge in [0.1, 0.15) is 0 Å². The summed E-state index contributed by atoms with van der Waals surface area (Å²) in [6.07, 6.45) is -4.34. The van der Waals surface area contributed by atoms with Crippen molar-refractivity contribution in [1.29, 1.82) is 0 Å². The van der Waals surface area contributed by atoms with Gasteiger partial charge in [-0.3, -0.25) is 0 Å². The molecule has 0 aromatic heterocycles. The van der Waals surface area contributed by atoms with Crippen LogP contribution >= 0.6 is 0 Å². The lowest BCUT2D eigenvalue weighted by molar-refractivity contribution is -0.137. The van der Waals surface area contributed by atoms with Crippen molar-refractivity contribution in [3.05, 3.63) is 35.4 Å². The summed E-state index contributed by atoms with van der Waals surface area (Å²) in [6.45, 7) is 5.12. The SMILES string of the molecule is C[C@@H]1CNC[C@H](C)C1(O)c1ccc(C(F)(F)F)cc1. The van der Waals surface area contributed by atoms with Crippen molar-refractivity contribution in [2.75, 3.05) is 13.1 Å². The molecule has 0 saturated carbocycles. The van der Waals surface area contributed by atoms with Gasteiger partial charge in [0.25, 0.3) is 0 Å². The second-order valence-corrected chi connectivity index (χ2v) is 5.36. The van der Waals surface area contributed by atoms with E-state index >= 15 is 0 Å². The van der Waals surface area contributed by atoms with Crippen molar-refractivity contribution >= 4 is 0 Å². The molecule has 0 spiro atoms. The average Bonchev–Trinajstić information content (AvgIpc) is 2.35. The van der Waals surface area contributed by atoms with E-state index in [2.05, 4.69) is 5.32 Å². The van der Waals surface area contributed by atoms with Crippen molar-refractivity contribution in [3.63, 3.8) is 0 Å². The van der Waals surface area contributed by atoms with Gasteiger partial charge in [-0.1, -0.05) is 26.0 Å². The lowest BCUT2D eigenvalue weighted by atomic mass is 9.71. The van der Waals surface area contributed by atoms with Gasteiger partial charge in [0, 0.05) is 24.9 Å². The molecule has 1 unspecified atom stereocenters.